The Morgan fingerprint density at radius 3 is 2.48 bits per heavy atom. The highest BCUT2D eigenvalue weighted by Gasteiger charge is 2.30. The van der Waals surface area contributed by atoms with Crippen LogP contribution < -0.4 is 0 Å². The summed E-state index contributed by atoms with van der Waals surface area (Å²) in [5, 5.41) is 0. The van der Waals surface area contributed by atoms with E-state index < -0.39 is 0 Å². The number of benzene rings is 1. The van der Waals surface area contributed by atoms with Crippen molar-refractivity contribution in [2.45, 2.75) is 38.8 Å². The molecular formula is C25H31N5O3. The molecule has 0 aliphatic carbocycles. The standard InChI is InChI=1S/C25H31N5O3/c1-18-22(25(32)29-9-11-33-12-10-29)13-26-24(27-18)21-7-4-8-30(16-21)23(31)17-28-14-19-5-2-3-6-20(19)15-28/h2-3,5-6,13,21H,4,7-12,14-17H2,1H3/t21-/m0/s1. The van der Waals surface area contributed by atoms with Crippen LogP contribution in [0.5, 0.6) is 0 Å². The minimum Gasteiger partial charge on any atom is -0.378 e. The van der Waals surface area contributed by atoms with Crippen molar-refractivity contribution in [3.05, 3.63) is 58.7 Å². The molecule has 33 heavy (non-hydrogen) atoms. The Morgan fingerprint density at radius 2 is 1.79 bits per heavy atom. The summed E-state index contributed by atoms with van der Waals surface area (Å²) >= 11 is 0. The number of nitrogens with zero attached hydrogens (tertiary/aromatic N) is 5. The molecule has 5 rings (SSSR count). The van der Waals surface area contributed by atoms with Gasteiger partial charge in [-0.2, -0.15) is 0 Å². The second-order valence-electron chi connectivity index (χ2n) is 9.22. The molecular weight excluding hydrogens is 418 g/mol. The first-order valence-electron chi connectivity index (χ1n) is 11.9. The fraction of sp³-hybridized carbons (Fsp3) is 0.520. The third kappa shape index (κ3) is 4.77. The lowest BCUT2D eigenvalue weighted by atomic mass is 9.96. The van der Waals surface area contributed by atoms with Gasteiger partial charge in [-0.3, -0.25) is 14.5 Å². The molecule has 0 spiro atoms. The molecule has 0 N–H and O–H groups in total. The zero-order valence-electron chi connectivity index (χ0n) is 19.2. The minimum atomic E-state index is -0.0330. The molecule has 0 bridgehead atoms. The molecule has 2 amide bonds. The number of ether oxygens (including phenoxy) is 1. The highest BCUT2D eigenvalue weighted by molar-refractivity contribution is 5.95. The van der Waals surface area contributed by atoms with Crippen molar-refractivity contribution in [1.82, 2.24) is 24.7 Å². The van der Waals surface area contributed by atoms with Gasteiger partial charge in [0.2, 0.25) is 5.91 Å². The lowest BCUT2D eigenvalue weighted by Gasteiger charge is -2.33. The van der Waals surface area contributed by atoms with E-state index in [0.29, 0.717) is 50.7 Å². The number of carbonyl (C=O) groups is 2. The monoisotopic (exact) mass is 449 g/mol. The first kappa shape index (κ1) is 22.0. The van der Waals surface area contributed by atoms with Gasteiger partial charge in [0.1, 0.15) is 5.82 Å². The molecule has 1 aromatic heterocycles. The number of carbonyl (C=O) groups excluding carboxylic acids is 2. The lowest BCUT2D eigenvalue weighted by molar-refractivity contribution is -0.133. The van der Waals surface area contributed by atoms with Crippen LogP contribution in [0.3, 0.4) is 0 Å². The summed E-state index contributed by atoms with van der Waals surface area (Å²) in [6.07, 6.45) is 3.56. The Balaban J connectivity index is 1.21. The summed E-state index contributed by atoms with van der Waals surface area (Å²) in [6, 6.07) is 8.40. The summed E-state index contributed by atoms with van der Waals surface area (Å²) < 4.78 is 5.34. The van der Waals surface area contributed by atoms with Crippen LogP contribution in [-0.4, -0.2) is 82.4 Å². The van der Waals surface area contributed by atoms with E-state index >= 15 is 0 Å². The van der Waals surface area contributed by atoms with Gasteiger partial charge < -0.3 is 14.5 Å². The molecule has 1 aromatic carbocycles. The van der Waals surface area contributed by atoms with Crippen molar-refractivity contribution in [3.8, 4) is 0 Å². The Labute approximate surface area is 194 Å². The lowest BCUT2D eigenvalue weighted by Crippen LogP contribution is -2.44. The minimum absolute atomic E-state index is 0.0330. The average molecular weight is 450 g/mol. The smallest absolute Gasteiger partial charge is 0.257 e. The zero-order chi connectivity index (χ0) is 22.8. The van der Waals surface area contributed by atoms with E-state index in [1.54, 1.807) is 11.1 Å². The maximum absolute atomic E-state index is 13.1. The van der Waals surface area contributed by atoms with Crippen LogP contribution in [0.1, 0.15) is 51.8 Å². The van der Waals surface area contributed by atoms with E-state index in [9.17, 15) is 9.59 Å². The summed E-state index contributed by atoms with van der Waals surface area (Å²) in [6.45, 7) is 7.73. The predicted molar refractivity (Wildman–Crippen MR) is 123 cm³/mol. The van der Waals surface area contributed by atoms with Gasteiger partial charge in [0.05, 0.1) is 31.0 Å². The van der Waals surface area contributed by atoms with E-state index in [2.05, 4.69) is 34.1 Å². The number of aromatic nitrogens is 2. The molecule has 174 valence electrons. The number of morpholine rings is 1. The molecule has 4 heterocycles. The van der Waals surface area contributed by atoms with Gasteiger partial charge in [0.15, 0.2) is 0 Å². The summed E-state index contributed by atoms with van der Waals surface area (Å²) in [5.41, 5.74) is 3.89. The fourth-order valence-corrected chi connectivity index (χ4v) is 5.05. The SMILES string of the molecule is Cc1nc([C@H]2CCCN(C(=O)CN3Cc4ccccc4C3)C2)ncc1C(=O)N1CCOCC1. The van der Waals surface area contributed by atoms with Gasteiger partial charge >= 0.3 is 0 Å². The van der Waals surface area contributed by atoms with E-state index in [1.165, 1.54) is 11.1 Å². The highest BCUT2D eigenvalue weighted by Crippen LogP contribution is 2.27. The van der Waals surface area contributed by atoms with Gasteiger partial charge in [-0.25, -0.2) is 9.97 Å². The summed E-state index contributed by atoms with van der Waals surface area (Å²) in [5.74, 6) is 0.972. The number of hydrogen-bond donors (Lipinski definition) is 0. The van der Waals surface area contributed by atoms with E-state index in [4.69, 9.17) is 9.72 Å². The molecule has 0 radical (unpaired) electrons. The summed E-state index contributed by atoms with van der Waals surface area (Å²) in [4.78, 5) is 41.1. The molecule has 3 aliphatic heterocycles. The molecule has 1 atom stereocenters. The van der Waals surface area contributed by atoms with Crippen LogP contribution >= 0.6 is 0 Å². The van der Waals surface area contributed by atoms with E-state index in [0.717, 1.165) is 38.3 Å². The second kappa shape index (κ2) is 9.57. The quantitative estimate of drug-likeness (QED) is 0.710. The van der Waals surface area contributed by atoms with Crippen LogP contribution in [-0.2, 0) is 22.6 Å². The van der Waals surface area contributed by atoms with Gasteiger partial charge in [0, 0.05) is 51.4 Å². The fourth-order valence-electron chi connectivity index (χ4n) is 5.05. The van der Waals surface area contributed by atoms with Crippen LogP contribution in [0.4, 0.5) is 0 Å². The van der Waals surface area contributed by atoms with Gasteiger partial charge in [-0.05, 0) is 30.9 Å². The maximum Gasteiger partial charge on any atom is 0.257 e. The van der Waals surface area contributed by atoms with E-state index in [-0.39, 0.29) is 17.7 Å². The van der Waals surface area contributed by atoms with Crippen molar-refractivity contribution >= 4 is 11.8 Å². The number of likely N-dealkylation sites (tertiary alicyclic amines) is 1. The number of amides is 2. The molecule has 8 nitrogen and oxygen atoms in total. The highest BCUT2D eigenvalue weighted by atomic mass is 16.5. The molecule has 2 aromatic rings. The van der Waals surface area contributed by atoms with Crippen LogP contribution in [0.15, 0.2) is 30.5 Å². The van der Waals surface area contributed by atoms with Gasteiger partial charge in [0.25, 0.3) is 5.91 Å². The van der Waals surface area contributed by atoms with Gasteiger partial charge in [-0.1, -0.05) is 24.3 Å². The topological polar surface area (TPSA) is 78.9 Å². The molecule has 2 saturated heterocycles. The Kier molecular flexibility index (Phi) is 6.37. The zero-order valence-corrected chi connectivity index (χ0v) is 19.2. The molecule has 0 unspecified atom stereocenters. The van der Waals surface area contributed by atoms with Crippen molar-refractivity contribution in [2.75, 3.05) is 45.9 Å². The Bertz CT molecular complexity index is 1010. The maximum atomic E-state index is 13.1. The molecule has 0 saturated carbocycles. The largest absolute Gasteiger partial charge is 0.378 e. The normalized spacial score (nSPS) is 21.2. The second-order valence-corrected chi connectivity index (χ2v) is 9.22. The van der Waals surface area contributed by atoms with Crippen molar-refractivity contribution < 1.29 is 14.3 Å². The number of aryl methyl sites for hydroxylation is 1. The number of fused-ring (bicyclic) bond motifs is 1. The van der Waals surface area contributed by atoms with Crippen molar-refractivity contribution in [1.29, 1.82) is 0 Å². The first-order valence-corrected chi connectivity index (χ1v) is 11.9. The van der Waals surface area contributed by atoms with Crippen LogP contribution in [0.2, 0.25) is 0 Å². The number of piperidine rings is 1. The third-order valence-corrected chi connectivity index (χ3v) is 6.93. The van der Waals surface area contributed by atoms with E-state index in [1.807, 2.05) is 11.8 Å². The summed E-state index contributed by atoms with van der Waals surface area (Å²) in [7, 11) is 0. The Morgan fingerprint density at radius 1 is 1.06 bits per heavy atom. The molecule has 3 aliphatic rings. The third-order valence-electron chi connectivity index (χ3n) is 6.93. The first-order chi connectivity index (χ1) is 16.1. The molecule has 2 fully saturated rings. The number of rotatable bonds is 4. The number of hydrogen-bond acceptors (Lipinski definition) is 6. The van der Waals surface area contributed by atoms with Gasteiger partial charge in [-0.15, -0.1) is 0 Å². The van der Waals surface area contributed by atoms with Crippen molar-refractivity contribution in [3.63, 3.8) is 0 Å². The van der Waals surface area contributed by atoms with Crippen molar-refractivity contribution in [2.24, 2.45) is 0 Å². The van der Waals surface area contributed by atoms with Crippen LogP contribution in [0.25, 0.3) is 0 Å². The predicted octanol–water partition coefficient (Wildman–Crippen LogP) is 1.98. The Hall–Kier alpha value is -2.84. The van der Waals surface area contributed by atoms with Crippen LogP contribution in [0, 0.1) is 6.92 Å². The average Bonchev–Trinajstić information content (AvgIpc) is 3.26. The molecule has 8 heteroatoms.